The number of aryl methyl sites for hydroxylation is 1. The van der Waals surface area contributed by atoms with Gasteiger partial charge < -0.3 is 9.64 Å². The molecule has 132 valence electrons. The van der Waals surface area contributed by atoms with E-state index in [4.69, 9.17) is 4.74 Å². The Hall–Kier alpha value is -2.40. The number of piperazine rings is 1. The predicted octanol–water partition coefficient (Wildman–Crippen LogP) is 2.97. The van der Waals surface area contributed by atoms with Crippen molar-refractivity contribution < 1.29 is 13.9 Å². The van der Waals surface area contributed by atoms with Gasteiger partial charge in [0.2, 0.25) is 0 Å². The van der Waals surface area contributed by atoms with E-state index in [0.29, 0.717) is 19.7 Å². The average molecular weight is 342 g/mol. The normalized spacial score (nSPS) is 15.2. The Morgan fingerprint density at radius 1 is 1.08 bits per heavy atom. The van der Waals surface area contributed by atoms with Gasteiger partial charge in [-0.3, -0.25) is 9.69 Å². The molecule has 1 saturated heterocycles. The van der Waals surface area contributed by atoms with Crippen LogP contribution in [0.2, 0.25) is 0 Å². The van der Waals surface area contributed by atoms with Crippen molar-refractivity contribution in [3.63, 3.8) is 0 Å². The van der Waals surface area contributed by atoms with Gasteiger partial charge >= 0.3 is 0 Å². The van der Waals surface area contributed by atoms with E-state index in [9.17, 15) is 9.18 Å². The first-order valence-electron chi connectivity index (χ1n) is 8.59. The van der Waals surface area contributed by atoms with Crippen LogP contribution in [0.3, 0.4) is 0 Å². The van der Waals surface area contributed by atoms with Crippen molar-refractivity contribution in [3.8, 4) is 5.75 Å². The standard InChI is InChI=1S/C20H23FN2O2/c1-16-5-4-6-17(15-16)25-14-13-22-9-11-23(12-10-22)20(24)18-7-2-3-8-19(18)21/h2-8,15H,9-14H2,1H3. The van der Waals surface area contributed by atoms with Crippen molar-refractivity contribution in [1.29, 1.82) is 0 Å². The molecule has 0 atom stereocenters. The Morgan fingerprint density at radius 3 is 2.56 bits per heavy atom. The van der Waals surface area contributed by atoms with E-state index in [0.717, 1.165) is 25.4 Å². The Morgan fingerprint density at radius 2 is 1.84 bits per heavy atom. The highest BCUT2D eigenvalue weighted by atomic mass is 19.1. The Bertz CT molecular complexity index is 727. The molecule has 0 bridgehead atoms. The number of benzene rings is 2. The van der Waals surface area contributed by atoms with Gasteiger partial charge in [0.1, 0.15) is 18.2 Å². The average Bonchev–Trinajstić information content (AvgIpc) is 2.62. The topological polar surface area (TPSA) is 32.8 Å². The molecule has 0 unspecified atom stereocenters. The number of hydrogen-bond acceptors (Lipinski definition) is 3. The summed E-state index contributed by atoms with van der Waals surface area (Å²) in [7, 11) is 0. The Balaban J connectivity index is 1.44. The van der Waals surface area contributed by atoms with Crippen LogP contribution in [0.1, 0.15) is 15.9 Å². The second kappa shape index (κ2) is 8.12. The van der Waals surface area contributed by atoms with Crippen molar-refractivity contribution in [2.24, 2.45) is 0 Å². The molecular weight excluding hydrogens is 319 g/mol. The number of ether oxygens (including phenoxy) is 1. The molecular formula is C20H23FN2O2. The first-order valence-corrected chi connectivity index (χ1v) is 8.59. The van der Waals surface area contributed by atoms with Gasteiger partial charge in [0.05, 0.1) is 5.56 Å². The maximum absolute atomic E-state index is 13.8. The fourth-order valence-corrected chi connectivity index (χ4v) is 2.98. The van der Waals surface area contributed by atoms with Crippen molar-refractivity contribution in [2.45, 2.75) is 6.92 Å². The highest BCUT2D eigenvalue weighted by Crippen LogP contribution is 2.14. The molecule has 1 aliphatic rings. The van der Waals surface area contributed by atoms with E-state index in [1.54, 1.807) is 23.1 Å². The van der Waals surface area contributed by atoms with Gasteiger partial charge in [0.15, 0.2) is 0 Å². The smallest absolute Gasteiger partial charge is 0.256 e. The third-order valence-electron chi connectivity index (χ3n) is 4.43. The predicted molar refractivity (Wildman–Crippen MR) is 95.4 cm³/mol. The van der Waals surface area contributed by atoms with Crippen LogP contribution in [-0.2, 0) is 0 Å². The first-order chi connectivity index (χ1) is 12.1. The molecule has 5 heteroatoms. The molecule has 3 rings (SSSR count). The zero-order valence-electron chi connectivity index (χ0n) is 14.5. The van der Waals surface area contributed by atoms with Gasteiger partial charge in [-0.1, -0.05) is 24.3 Å². The van der Waals surface area contributed by atoms with Crippen LogP contribution in [-0.4, -0.2) is 55.0 Å². The molecule has 0 radical (unpaired) electrons. The zero-order valence-corrected chi connectivity index (χ0v) is 14.5. The zero-order chi connectivity index (χ0) is 17.6. The summed E-state index contributed by atoms with van der Waals surface area (Å²) >= 11 is 0. The van der Waals surface area contributed by atoms with Crippen LogP contribution in [0.15, 0.2) is 48.5 Å². The third-order valence-corrected chi connectivity index (χ3v) is 4.43. The van der Waals surface area contributed by atoms with Crippen LogP contribution < -0.4 is 4.74 Å². The van der Waals surface area contributed by atoms with Crippen LogP contribution >= 0.6 is 0 Å². The lowest BCUT2D eigenvalue weighted by molar-refractivity contribution is 0.0616. The van der Waals surface area contributed by atoms with Gasteiger partial charge in [0, 0.05) is 32.7 Å². The summed E-state index contributed by atoms with van der Waals surface area (Å²) in [5, 5.41) is 0. The molecule has 0 saturated carbocycles. The van der Waals surface area contributed by atoms with Crippen LogP contribution in [0.25, 0.3) is 0 Å². The monoisotopic (exact) mass is 342 g/mol. The van der Waals surface area contributed by atoms with Crippen LogP contribution in [0.4, 0.5) is 4.39 Å². The summed E-state index contributed by atoms with van der Waals surface area (Å²) in [5.41, 5.74) is 1.33. The molecule has 25 heavy (non-hydrogen) atoms. The number of nitrogens with zero attached hydrogens (tertiary/aromatic N) is 2. The number of rotatable bonds is 5. The second-order valence-electron chi connectivity index (χ2n) is 6.28. The van der Waals surface area contributed by atoms with Crippen molar-refractivity contribution in [2.75, 3.05) is 39.3 Å². The minimum absolute atomic E-state index is 0.152. The van der Waals surface area contributed by atoms with Gasteiger partial charge in [-0.25, -0.2) is 4.39 Å². The van der Waals surface area contributed by atoms with E-state index in [1.807, 2.05) is 31.2 Å². The lowest BCUT2D eigenvalue weighted by atomic mass is 10.1. The van der Waals surface area contributed by atoms with Crippen molar-refractivity contribution >= 4 is 5.91 Å². The molecule has 1 heterocycles. The largest absolute Gasteiger partial charge is 0.492 e. The Labute approximate surface area is 147 Å². The molecule has 0 aliphatic carbocycles. The molecule has 0 spiro atoms. The van der Waals surface area contributed by atoms with E-state index >= 15 is 0 Å². The molecule has 4 nitrogen and oxygen atoms in total. The number of amides is 1. The molecule has 0 N–H and O–H groups in total. The summed E-state index contributed by atoms with van der Waals surface area (Å²) in [6.45, 7) is 6.24. The summed E-state index contributed by atoms with van der Waals surface area (Å²) in [4.78, 5) is 16.4. The summed E-state index contributed by atoms with van der Waals surface area (Å²) < 4.78 is 19.5. The number of halogens is 1. The summed E-state index contributed by atoms with van der Waals surface area (Å²) in [6, 6.07) is 14.2. The Kier molecular flexibility index (Phi) is 5.66. The van der Waals surface area contributed by atoms with E-state index < -0.39 is 5.82 Å². The van der Waals surface area contributed by atoms with Gasteiger partial charge in [-0.2, -0.15) is 0 Å². The second-order valence-corrected chi connectivity index (χ2v) is 6.28. The number of hydrogen-bond donors (Lipinski definition) is 0. The molecule has 2 aromatic rings. The molecule has 1 aliphatic heterocycles. The third kappa shape index (κ3) is 4.57. The highest BCUT2D eigenvalue weighted by molar-refractivity contribution is 5.94. The van der Waals surface area contributed by atoms with E-state index in [-0.39, 0.29) is 11.5 Å². The lowest BCUT2D eigenvalue weighted by Crippen LogP contribution is -2.49. The minimum atomic E-state index is -0.457. The van der Waals surface area contributed by atoms with Crippen molar-refractivity contribution in [1.82, 2.24) is 9.80 Å². The maximum atomic E-state index is 13.8. The quantitative estimate of drug-likeness (QED) is 0.837. The molecule has 1 fully saturated rings. The number of carbonyl (C=O) groups is 1. The molecule has 2 aromatic carbocycles. The fourth-order valence-electron chi connectivity index (χ4n) is 2.98. The summed E-state index contributed by atoms with van der Waals surface area (Å²) in [5.74, 6) is 0.198. The maximum Gasteiger partial charge on any atom is 0.256 e. The first kappa shape index (κ1) is 17.4. The minimum Gasteiger partial charge on any atom is -0.492 e. The lowest BCUT2D eigenvalue weighted by Gasteiger charge is -2.34. The van der Waals surface area contributed by atoms with Gasteiger partial charge in [-0.15, -0.1) is 0 Å². The van der Waals surface area contributed by atoms with Gasteiger partial charge in [0.25, 0.3) is 5.91 Å². The fraction of sp³-hybridized carbons (Fsp3) is 0.350. The highest BCUT2D eigenvalue weighted by Gasteiger charge is 2.23. The molecule has 0 aromatic heterocycles. The van der Waals surface area contributed by atoms with Crippen LogP contribution in [0.5, 0.6) is 5.75 Å². The van der Waals surface area contributed by atoms with Crippen molar-refractivity contribution in [3.05, 3.63) is 65.5 Å². The van der Waals surface area contributed by atoms with Crippen LogP contribution in [0, 0.1) is 12.7 Å². The van der Waals surface area contributed by atoms with Gasteiger partial charge in [-0.05, 0) is 36.8 Å². The summed E-state index contributed by atoms with van der Waals surface area (Å²) in [6.07, 6.45) is 0. The van der Waals surface area contributed by atoms with E-state index in [1.165, 1.54) is 11.6 Å². The molecule has 1 amide bonds. The SMILES string of the molecule is Cc1cccc(OCCN2CCN(C(=O)c3ccccc3F)CC2)c1. The number of carbonyl (C=O) groups excluding carboxylic acids is 1. The van der Waals surface area contributed by atoms with E-state index in [2.05, 4.69) is 4.90 Å².